The van der Waals surface area contributed by atoms with E-state index in [9.17, 15) is 0 Å². The lowest BCUT2D eigenvalue weighted by atomic mass is 10.1. The SMILES string of the molecule is COc1ccccc1CCCNc1ncnc(Cl)c1/C=N/O. The lowest BCUT2D eigenvalue weighted by Crippen LogP contribution is -2.08. The number of benzene rings is 1. The van der Waals surface area contributed by atoms with E-state index in [-0.39, 0.29) is 5.15 Å². The molecule has 1 aromatic heterocycles. The maximum atomic E-state index is 8.66. The highest BCUT2D eigenvalue weighted by atomic mass is 35.5. The van der Waals surface area contributed by atoms with Gasteiger partial charge in [0.1, 0.15) is 23.0 Å². The lowest BCUT2D eigenvalue weighted by molar-refractivity contribution is 0.322. The minimum atomic E-state index is 0.236. The van der Waals surface area contributed by atoms with Gasteiger partial charge in [-0.05, 0) is 24.5 Å². The fourth-order valence-corrected chi connectivity index (χ4v) is 2.26. The van der Waals surface area contributed by atoms with Crippen molar-refractivity contribution in [2.75, 3.05) is 19.0 Å². The summed E-state index contributed by atoms with van der Waals surface area (Å²) in [5, 5.41) is 15.0. The number of anilines is 1. The van der Waals surface area contributed by atoms with E-state index in [1.165, 1.54) is 12.5 Å². The number of methoxy groups -OCH3 is 1. The van der Waals surface area contributed by atoms with Crippen molar-refractivity contribution in [3.05, 3.63) is 46.9 Å². The third kappa shape index (κ3) is 4.08. The van der Waals surface area contributed by atoms with Gasteiger partial charge in [0.15, 0.2) is 0 Å². The predicted octanol–water partition coefficient (Wildman–Crippen LogP) is 2.99. The van der Waals surface area contributed by atoms with Crippen molar-refractivity contribution < 1.29 is 9.94 Å². The van der Waals surface area contributed by atoms with Gasteiger partial charge < -0.3 is 15.3 Å². The van der Waals surface area contributed by atoms with E-state index in [4.69, 9.17) is 21.5 Å². The van der Waals surface area contributed by atoms with E-state index >= 15 is 0 Å². The van der Waals surface area contributed by atoms with Crippen LogP contribution in [0.4, 0.5) is 5.82 Å². The Morgan fingerprint density at radius 2 is 2.18 bits per heavy atom. The summed E-state index contributed by atoms with van der Waals surface area (Å²) in [6, 6.07) is 7.93. The molecule has 0 fully saturated rings. The Labute approximate surface area is 133 Å². The number of nitrogens with zero attached hydrogens (tertiary/aromatic N) is 3. The Kier molecular flexibility index (Phi) is 5.97. The third-order valence-corrected chi connectivity index (χ3v) is 3.43. The van der Waals surface area contributed by atoms with Gasteiger partial charge in [-0.25, -0.2) is 9.97 Å². The molecule has 0 aliphatic carbocycles. The van der Waals surface area contributed by atoms with Crippen LogP contribution in [0.15, 0.2) is 35.7 Å². The number of hydrogen-bond donors (Lipinski definition) is 2. The highest BCUT2D eigenvalue weighted by molar-refractivity contribution is 6.32. The van der Waals surface area contributed by atoms with Crippen molar-refractivity contribution in [3.63, 3.8) is 0 Å². The summed E-state index contributed by atoms with van der Waals surface area (Å²) in [4.78, 5) is 7.96. The molecule has 0 amide bonds. The maximum Gasteiger partial charge on any atom is 0.143 e. The molecule has 6 nitrogen and oxygen atoms in total. The smallest absolute Gasteiger partial charge is 0.143 e. The zero-order valence-electron chi connectivity index (χ0n) is 12.2. The number of rotatable bonds is 7. The monoisotopic (exact) mass is 320 g/mol. The molecule has 2 N–H and O–H groups in total. The highest BCUT2D eigenvalue weighted by Crippen LogP contribution is 2.20. The number of aryl methyl sites for hydroxylation is 1. The molecule has 2 rings (SSSR count). The quantitative estimate of drug-likeness (QED) is 0.269. The van der Waals surface area contributed by atoms with E-state index < -0.39 is 0 Å². The first-order chi connectivity index (χ1) is 10.8. The Morgan fingerprint density at radius 1 is 1.36 bits per heavy atom. The van der Waals surface area contributed by atoms with Crippen LogP contribution in [0.25, 0.3) is 0 Å². The summed E-state index contributed by atoms with van der Waals surface area (Å²) in [6.45, 7) is 0.692. The van der Waals surface area contributed by atoms with Gasteiger partial charge in [-0.2, -0.15) is 0 Å². The molecule has 0 aliphatic rings. The van der Waals surface area contributed by atoms with Crippen molar-refractivity contribution in [1.82, 2.24) is 9.97 Å². The van der Waals surface area contributed by atoms with Gasteiger partial charge in [0.2, 0.25) is 0 Å². The van der Waals surface area contributed by atoms with E-state index in [0.717, 1.165) is 24.2 Å². The molecule has 0 atom stereocenters. The van der Waals surface area contributed by atoms with Gasteiger partial charge in [0, 0.05) is 6.54 Å². The van der Waals surface area contributed by atoms with Crippen LogP contribution in [-0.4, -0.2) is 35.0 Å². The fraction of sp³-hybridized carbons (Fsp3) is 0.267. The predicted molar refractivity (Wildman–Crippen MR) is 86.2 cm³/mol. The van der Waals surface area contributed by atoms with Gasteiger partial charge in [0.05, 0.1) is 18.9 Å². The van der Waals surface area contributed by atoms with Crippen LogP contribution in [0.5, 0.6) is 5.75 Å². The van der Waals surface area contributed by atoms with E-state index in [0.29, 0.717) is 17.9 Å². The molecule has 0 spiro atoms. The van der Waals surface area contributed by atoms with Crippen LogP contribution in [0.1, 0.15) is 17.5 Å². The number of hydrogen-bond acceptors (Lipinski definition) is 6. The second-order valence-corrected chi connectivity index (χ2v) is 4.87. The summed E-state index contributed by atoms with van der Waals surface area (Å²) in [7, 11) is 1.67. The molecule has 0 radical (unpaired) electrons. The second-order valence-electron chi connectivity index (χ2n) is 4.51. The number of halogens is 1. The van der Waals surface area contributed by atoms with Crippen molar-refractivity contribution in [2.45, 2.75) is 12.8 Å². The number of aromatic nitrogens is 2. The molecule has 22 heavy (non-hydrogen) atoms. The van der Waals surface area contributed by atoms with E-state index in [2.05, 4.69) is 20.4 Å². The molecular weight excluding hydrogens is 304 g/mol. The van der Waals surface area contributed by atoms with Gasteiger partial charge in [-0.1, -0.05) is 35.0 Å². The van der Waals surface area contributed by atoms with Crippen LogP contribution < -0.4 is 10.1 Å². The Balaban J connectivity index is 1.93. The fourth-order valence-electron chi connectivity index (χ4n) is 2.08. The van der Waals surface area contributed by atoms with Crippen molar-refractivity contribution in [2.24, 2.45) is 5.16 Å². The Bertz CT molecular complexity index is 649. The molecule has 0 bridgehead atoms. The van der Waals surface area contributed by atoms with E-state index in [1.54, 1.807) is 7.11 Å². The maximum absolute atomic E-state index is 8.66. The van der Waals surface area contributed by atoms with Crippen LogP contribution in [0.2, 0.25) is 5.15 Å². The molecule has 0 aliphatic heterocycles. The summed E-state index contributed by atoms with van der Waals surface area (Å²) in [6.07, 6.45) is 4.33. The number of ether oxygens (including phenoxy) is 1. The molecule has 7 heteroatoms. The van der Waals surface area contributed by atoms with Crippen LogP contribution >= 0.6 is 11.6 Å². The molecule has 1 heterocycles. The average Bonchev–Trinajstić information content (AvgIpc) is 2.55. The largest absolute Gasteiger partial charge is 0.496 e. The van der Waals surface area contributed by atoms with Crippen molar-refractivity contribution >= 4 is 23.6 Å². The first-order valence-corrected chi connectivity index (χ1v) is 7.17. The standard InChI is InChI=1S/C15H17ClN4O2/c1-22-13-7-3-2-5-11(13)6-4-8-17-15-12(9-20-21)14(16)18-10-19-15/h2-3,5,7,9-10,21H,4,6,8H2,1H3,(H,17,18,19)/b20-9+. The first kappa shape index (κ1) is 16.0. The van der Waals surface area contributed by atoms with Crippen molar-refractivity contribution in [3.8, 4) is 5.75 Å². The molecular formula is C15H17ClN4O2. The van der Waals surface area contributed by atoms with Crippen LogP contribution in [0.3, 0.4) is 0 Å². The summed E-state index contributed by atoms with van der Waals surface area (Å²) >= 11 is 5.95. The summed E-state index contributed by atoms with van der Waals surface area (Å²) < 4.78 is 5.32. The molecule has 0 saturated heterocycles. The van der Waals surface area contributed by atoms with Gasteiger partial charge in [0.25, 0.3) is 0 Å². The number of nitrogens with one attached hydrogen (secondary N) is 1. The minimum absolute atomic E-state index is 0.236. The lowest BCUT2D eigenvalue weighted by Gasteiger charge is -2.10. The summed E-state index contributed by atoms with van der Waals surface area (Å²) in [5.74, 6) is 1.43. The third-order valence-electron chi connectivity index (χ3n) is 3.13. The van der Waals surface area contributed by atoms with E-state index in [1.807, 2.05) is 24.3 Å². The second kappa shape index (κ2) is 8.19. The van der Waals surface area contributed by atoms with Gasteiger partial charge >= 0.3 is 0 Å². The molecule has 0 saturated carbocycles. The van der Waals surface area contributed by atoms with Gasteiger partial charge in [-0.15, -0.1) is 0 Å². The zero-order chi connectivity index (χ0) is 15.8. The molecule has 0 unspecified atom stereocenters. The highest BCUT2D eigenvalue weighted by Gasteiger charge is 2.08. The normalized spacial score (nSPS) is 10.8. The van der Waals surface area contributed by atoms with Crippen molar-refractivity contribution in [1.29, 1.82) is 0 Å². The zero-order valence-corrected chi connectivity index (χ0v) is 12.9. The number of para-hydroxylation sites is 1. The van der Waals surface area contributed by atoms with Crippen LogP contribution in [0, 0.1) is 0 Å². The Hall–Kier alpha value is -2.34. The molecule has 116 valence electrons. The van der Waals surface area contributed by atoms with Gasteiger partial charge in [-0.3, -0.25) is 0 Å². The topological polar surface area (TPSA) is 79.6 Å². The summed E-state index contributed by atoms with van der Waals surface area (Å²) in [5.41, 5.74) is 1.62. The Morgan fingerprint density at radius 3 is 2.95 bits per heavy atom. The molecule has 1 aromatic carbocycles. The first-order valence-electron chi connectivity index (χ1n) is 6.80. The number of oxime groups is 1. The molecule has 2 aromatic rings. The minimum Gasteiger partial charge on any atom is -0.496 e. The average molecular weight is 321 g/mol. The van der Waals surface area contributed by atoms with Crippen LogP contribution in [-0.2, 0) is 6.42 Å².